The Balaban J connectivity index is 1.70. The van der Waals surface area contributed by atoms with Crippen molar-refractivity contribution in [2.24, 2.45) is 0 Å². The van der Waals surface area contributed by atoms with Crippen LogP contribution in [0.1, 0.15) is 5.56 Å². The van der Waals surface area contributed by atoms with E-state index in [1.54, 1.807) is 60.7 Å². The molecule has 7 heteroatoms. The Morgan fingerprint density at radius 3 is 2.39 bits per heavy atom. The fourth-order valence-corrected chi connectivity index (χ4v) is 2.85. The topological polar surface area (TPSA) is 91.2 Å². The molecule has 0 aliphatic rings. The number of carbonyl (C=O) groups excluding carboxylic acids is 2. The molecule has 0 bridgehead atoms. The molecule has 6 nitrogen and oxygen atoms in total. The summed E-state index contributed by atoms with van der Waals surface area (Å²) in [4.78, 5) is 24.6. The zero-order valence-electron chi connectivity index (χ0n) is 16.3. The number of anilines is 2. The highest BCUT2D eigenvalue weighted by Gasteiger charge is 2.12. The predicted octanol–water partition coefficient (Wildman–Crippen LogP) is 4.90. The fourth-order valence-electron chi connectivity index (χ4n) is 2.66. The molecule has 2 N–H and O–H groups in total. The zero-order chi connectivity index (χ0) is 22.1. The van der Waals surface area contributed by atoms with Crippen LogP contribution in [0.2, 0.25) is 5.02 Å². The average Bonchev–Trinajstić information content (AvgIpc) is 2.77. The number of amides is 2. The maximum atomic E-state index is 12.5. The molecule has 0 saturated carbocycles. The molecule has 0 aliphatic heterocycles. The van der Waals surface area contributed by atoms with Crippen molar-refractivity contribution in [2.45, 2.75) is 0 Å². The second-order valence-corrected chi connectivity index (χ2v) is 6.81. The lowest BCUT2D eigenvalue weighted by atomic mass is 10.1. The molecule has 3 aromatic carbocycles. The van der Waals surface area contributed by atoms with E-state index < -0.39 is 5.91 Å². The van der Waals surface area contributed by atoms with Crippen LogP contribution in [0.3, 0.4) is 0 Å². The van der Waals surface area contributed by atoms with Gasteiger partial charge in [-0.1, -0.05) is 54.1 Å². The second kappa shape index (κ2) is 10.6. The Hall–Kier alpha value is -4.08. The minimum absolute atomic E-state index is 0.121. The number of hydrogen-bond acceptors (Lipinski definition) is 4. The van der Waals surface area contributed by atoms with E-state index in [0.717, 1.165) is 0 Å². The van der Waals surface area contributed by atoms with Gasteiger partial charge in [0, 0.05) is 22.0 Å². The Morgan fingerprint density at radius 1 is 0.935 bits per heavy atom. The second-order valence-electron chi connectivity index (χ2n) is 6.37. The molecule has 2 amide bonds. The van der Waals surface area contributed by atoms with Gasteiger partial charge in [0.25, 0.3) is 11.8 Å². The van der Waals surface area contributed by atoms with Crippen molar-refractivity contribution in [1.29, 1.82) is 5.26 Å². The van der Waals surface area contributed by atoms with Crippen LogP contribution in [0, 0.1) is 11.3 Å². The summed E-state index contributed by atoms with van der Waals surface area (Å²) in [6.07, 6.45) is 1.41. The van der Waals surface area contributed by atoms with Gasteiger partial charge in [0.2, 0.25) is 0 Å². The number of nitrogens with one attached hydrogen (secondary N) is 2. The average molecular weight is 432 g/mol. The number of ether oxygens (including phenoxy) is 1. The monoisotopic (exact) mass is 431 g/mol. The van der Waals surface area contributed by atoms with Gasteiger partial charge in [0.1, 0.15) is 17.4 Å². The van der Waals surface area contributed by atoms with Gasteiger partial charge in [-0.25, -0.2) is 0 Å². The number of para-hydroxylation sites is 2. The van der Waals surface area contributed by atoms with Gasteiger partial charge >= 0.3 is 0 Å². The molecule has 0 spiro atoms. The van der Waals surface area contributed by atoms with E-state index in [1.807, 2.05) is 24.3 Å². The lowest BCUT2D eigenvalue weighted by Crippen LogP contribution is -2.20. The summed E-state index contributed by atoms with van der Waals surface area (Å²) < 4.78 is 5.62. The molecule has 31 heavy (non-hydrogen) atoms. The van der Waals surface area contributed by atoms with Gasteiger partial charge < -0.3 is 15.4 Å². The van der Waals surface area contributed by atoms with Gasteiger partial charge in [-0.2, -0.15) is 5.26 Å². The van der Waals surface area contributed by atoms with Crippen molar-refractivity contribution < 1.29 is 14.3 Å². The van der Waals surface area contributed by atoms with Crippen LogP contribution >= 0.6 is 11.6 Å². The number of benzene rings is 3. The number of nitriles is 1. The molecule has 0 unspecified atom stereocenters. The summed E-state index contributed by atoms with van der Waals surface area (Å²) in [5.74, 6) is -0.542. The maximum absolute atomic E-state index is 12.5. The molecule has 0 heterocycles. The minimum atomic E-state index is -0.582. The summed E-state index contributed by atoms with van der Waals surface area (Å²) >= 11 is 5.92. The van der Waals surface area contributed by atoms with Crippen molar-refractivity contribution in [3.05, 3.63) is 95.0 Å². The van der Waals surface area contributed by atoms with Crippen LogP contribution in [0.5, 0.6) is 5.75 Å². The largest absolute Gasteiger partial charge is 0.483 e. The highest BCUT2D eigenvalue weighted by molar-refractivity contribution is 6.31. The first-order chi connectivity index (χ1) is 15.0. The predicted molar refractivity (Wildman–Crippen MR) is 121 cm³/mol. The lowest BCUT2D eigenvalue weighted by Gasteiger charge is -2.10. The van der Waals surface area contributed by atoms with Crippen molar-refractivity contribution in [2.75, 3.05) is 17.2 Å². The van der Waals surface area contributed by atoms with Crippen LogP contribution in [0.4, 0.5) is 11.4 Å². The maximum Gasteiger partial charge on any atom is 0.266 e. The molecular formula is C24H18ClN3O3. The minimum Gasteiger partial charge on any atom is -0.483 e. The first-order valence-corrected chi connectivity index (χ1v) is 9.68. The number of hydrogen-bond donors (Lipinski definition) is 2. The van der Waals surface area contributed by atoms with E-state index in [0.29, 0.717) is 27.7 Å². The van der Waals surface area contributed by atoms with Crippen LogP contribution < -0.4 is 15.4 Å². The van der Waals surface area contributed by atoms with E-state index in [4.69, 9.17) is 16.3 Å². The van der Waals surface area contributed by atoms with E-state index in [-0.39, 0.29) is 18.1 Å². The molecular weight excluding hydrogens is 414 g/mol. The van der Waals surface area contributed by atoms with Crippen LogP contribution in [-0.4, -0.2) is 18.4 Å². The fraction of sp³-hybridized carbons (Fsp3) is 0.0417. The molecule has 3 rings (SSSR count). The number of nitrogens with zero attached hydrogens (tertiary/aromatic N) is 1. The Kier molecular flexibility index (Phi) is 7.41. The molecule has 0 aliphatic carbocycles. The van der Waals surface area contributed by atoms with Crippen LogP contribution in [0.25, 0.3) is 6.08 Å². The van der Waals surface area contributed by atoms with E-state index in [9.17, 15) is 14.9 Å². The summed E-state index contributed by atoms with van der Waals surface area (Å²) in [5, 5.41) is 15.3. The zero-order valence-corrected chi connectivity index (χ0v) is 17.1. The molecule has 0 radical (unpaired) electrons. The Morgan fingerprint density at radius 2 is 1.65 bits per heavy atom. The van der Waals surface area contributed by atoms with Gasteiger partial charge in [-0.05, 0) is 42.5 Å². The number of halogens is 1. The molecule has 154 valence electrons. The highest BCUT2D eigenvalue weighted by atomic mass is 35.5. The van der Waals surface area contributed by atoms with E-state index in [2.05, 4.69) is 10.6 Å². The molecule has 0 saturated heterocycles. The quantitative estimate of drug-likeness (QED) is 0.411. The van der Waals surface area contributed by atoms with Crippen molar-refractivity contribution in [3.63, 3.8) is 0 Å². The van der Waals surface area contributed by atoms with Gasteiger partial charge in [-0.15, -0.1) is 0 Å². The molecule has 0 fully saturated rings. The number of rotatable bonds is 7. The molecule has 0 aromatic heterocycles. The van der Waals surface area contributed by atoms with Crippen molar-refractivity contribution in [1.82, 2.24) is 0 Å². The first kappa shape index (κ1) is 21.6. The van der Waals surface area contributed by atoms with Gasteiger partial charge in [0.05, 0.1) is 0 Å². The van der Waals surface area contributed by atoms with Crippen LogP contribution in [-0.2, 0) is 9.59 Å². The summed E-state index contributed by atoms with van der Waals surface area (Å²) in [6.45, 7) is -0.226. The summed E-state index contributed by atoms with van der Waals surface area (Å²) in [5.41, 5.74) is 1.51. The van der Waals surface area contributed by atoms with Crippen LogP contribution in [0.15, 0.2) is 84.4 Å². The molecule has 0 atom stereocenters. The van der Waals surface area contributed by atoms with Crippen molar-refractivity contribution in [3.8, 4) is 11.8 Å². The SMILES string of the molecule is N#C/C(=C\c1ccccc1OCC(=O)Nc1ccccc1)C(=O)Nc1cccc(Cl)c1. The van der Waals surface area contributed by atoms with Crippen molar-refractivity contribution >= 4 is 40.9 Å². The Labute approximate surface area is 184 Å². The standard InChI is InChI=1S/C24H18ClN3O3/c25-19-8-6-11-21(14-19)28-24(30)18(15-26)13-17-7-4-5-12-22(17)31-16-23(29)27-20-9-2-1-3-10-20/h1-14H,16H2,(H,27,29)(H,28,30)/b18-13+. The third-order valence-corrected chi connectivity index (χ3v) is 4.32. The summed E-state index contributed by atoms with van der Waals surface area (Å²) in [7, 11) is 0. The third-order valence-electron chi connectivity index (χ3n) is 4.08. The van der Waals surface area contributed by atoms with Gasteiger partial charge in [0.15, 0.2) is 6.61 Å². The van der Waals surface area contributed by atoms with Gasteiger partial charge in [-0.3, -0.25) is 9.59 Å². The lowest BCUT2D eigenvalue weighted by molar-refractivity contribution is -0.118. The summed E-state index contributed by atoms with van der Waals surface area (Å²) in [6, 6.07) is 24.4. The van der Waals surface area contributed by atoms with E-state index in [1.165, 1.54) is 6.08 Å². The Bertz CT molecular complexity index is 1150. The normalized spacial score (nSPS) is 10.6. The highest BCUT2D eigenvalue weighted by Crippen LogP contribution is 2.22. The smallest absolute Gasteiger partial charge is 0.266 e. The van der Waals surface area contributed by atoms with E-state index >= 15 is 0 Å². The number of carbonyl (C=O) groups is 2. The molecule has 3 aromatic rings. The third kappa shape index (κ3) is 6.46. The first-order valence-electron chi connectivity index (χ1n) is 9.30.